The first-order valence-corrected chi connectivity index (χ1v) is 10.6. The van der Waals surface area contributed by atoms with E-state index in [0.717, 1.165) is 60.5 Å². The molecule has 4 rings (SSSR count). The molecule has 30 heavy (non-hydrogen) atoms. The van der Waals surface area contributed by atoms with Crippen LogP contribution in [-0.2, 0) is 17.8 Å². The van der Waals surface area contributed by atoms with E-state index in [1.165, 1.54) is 5.56 Å². The third-order valence-electron chi connectivity index (χ3n) is 5.38. The number of rotatable bonds is 6. The second-order valence-corrected chi connectivity index (χ2v) is 7.90. The van der Waals surface area contributed by atoms with Gasteiger partial charge in [-0.1, -0.05) is 6.07 Å². The number of aryl methyl sites for hydroxylation is 4. The number of ether oxygens (including phenoxy) is 1. The zero-order valence-electron chi connectivity index (χ0n) is 18.2. The number of hydrogen-bond donors (Lipinski definition) is 1. The average molecular weight is 407 g/mol. The van der Waals surface area contributed by atoms with Gasteiger partial charge in [0.25, 0.3) is 0 Å². The van der Waals surface area contributed by atoms with Gasteiger partial charge in [-0.2, -0.15) is 5.10 Å². The lowest BCUT2D eigenvalue weighted by atomic mass is 10.1. The highest BCUT2D eigenvalue weighted by molar-refractivity contribution is 5.57. The van der Waals surface area contributed by atoms with Crippen molar-refractivity contribution >= 4 is 11.5 Å². The highest BCUT2D eigenvalue weighted by Gasteiger charge is 2.24. The Labute approximate surface area is 178 Å². The smallest absolute Gasteiger partial charge is 0.130 e. The highest BCUT2D eigenvalue weighted by atomic mass is 16.5. The molecule has 1 unspecified atom stereocenters. The molecular weight excluding hydrogens is 376 g/mol. The van der Waals surface area contributed by atoms with Crippen molar-refractivity contribution in [3.8, 4) is 0 Å². The highest BCUT2D eigenvalue weighted by Crippen LogP contribution is 2.26. The number of hydrogen-bond acceptors (Lipinski definition) is 6. The van der Waals surface area contributed by atoms with Crippen LogP contribution in [0.15, 0.2) is 36.5 Å². The summed E-state index contributed by atoms with van der Waals surface area (Å²) in [6.45, 7) is 12.4. The van der Waals surface area contributed by atoms with E-state index in [2.05, 4.69) is 46.4 Å². The monoisotopic (exact) mass is 406 g/mol. The predicted molar refractivity (Wildman–Crippen MR) is 118 cm³/mol. The van der Waals surface area contributed by atoms with Gasteiger partial charge in [-0.15, -0.1) is 0 Å². The molecule has 1 saturated heterocycles. The molecule has 0 saturated carbocycles. The van der Waals surface area contributed by atoms with Crippen LogP contribution in [-0.4, -0.2) is 44.3 Å². The van der Waals surface area contributed by atoms with E-state index in [9.17, 15) is 0 Å². The maximum Gasteiger partial charge on any atom is 0.130 e. The Morgan fingerprint density at radius 3 is 2.77 bits per heavy atom. The topological polar surface area (TPSA) is 68.1 Å². The second kappa shape index (κ2) is 8.93. The number of nitrogens with zero attached hydrogens (tertiary/aromatic N) is 5. The lowest BCUT2D eigenvalue weighted by Crippen LogP contribution is -2.38. The van der Waals surface area contributed by atoms with Crippen molar-refractivity contribution < 1.29 is 4.74 Å². The van der Waals surface area contributed by atoms with Crippen molar-refractivity contribution in [1.29, 1.82) is 0 Å². The van der Waals surface area contributed by atoms with Gasteiger partial charge in [-0.05, 0) is 52.0 Å². The number of aromatic nitrogens is 4. The third kappa shape index (κ3) is 4.86. The van der Waals surface area contributed by atoms with Gasteiger partial charge in [0.2, 0.25) is 0 Å². The number of morpholine rings is 1. The molecular formula is C23H30N6O. The summed E-state index contributed by atoms with van der Waals surface area (Å²) in [7, 11) is 0. The molecule has 1 N–H and O–H groups in total. The summed E-state index contributed by atoms with van der Waals surface area (Å²) in [5.41, 5.74) is 6.27. The lowest BCUT2D eigenvalue weighted by molar-refractivity contribution is -0.0350. The van der Waals surface area contributed by atoms with Crippen LogP contribution in [0, 0.1) is 20.8 Å². The molecule has 158 valence electrons. The van der Waals surface area contributed by atoms with Crippen LogP contribution in [0.2, 0.25) is 0 Å². The summed E-state index contributed by atoms with van der Waals surface area (Å²) in [6.07, 6.45) is 2.10. The van der Waals surface area contributed by atoms with Crippen molar-refractivity contribution in [3.63, 3.8) is 0 Å². The number of pyridine rings is 2. The van der Waals surface area contributed by atoms with Gasteiger partial charge >= 0.3 is 0 Å². The normalized spacial score (nSPS) is 17.3. The van der Waals surface area contributed by atoms with Gasteiger partial charge in [0, 0.05) is 55.0 Å². The minimum absolute atomic E-state index is 0.0498. The Balaban J connectivity index is 1.48. The van der Waals surface area contributed by atoms with Crippen molar-refractivity contribution in [3.05, 3.63) is 64.9 Å². The molecule has 1 fully saturated rings. The van der Waals surface area contributed by atoms with Crippen LogP contribution in [0.4, 0.5) is 11.5 Å². The van der Waals surface area contributed by atoms with E-state index in [-0.39, 0.29) is 6.10 Å². The van der Waals surface area contributed by atoms with E-state index >= 15 is 0 Å². The molecule has 0 spiro atoms. The first kappa shape index (κ1) is 20.5. The van der Waals surface area contributed by atoms with Crippen LogP contribution in [0.1, 0.15) is 41.4 Å². The van der Waals surface area contributed by atoms with Crippen LogP contribution in [0.5, 0.6) is 0 Å². The standard InChI is InChI=1S/C23H30N6O/c1-5-29-14-19(18(4)27-29)13-28-9-10-30-22(15-28)21-12-20(11-17(3)24-21)26-23-8-6-7-16(2)25-23/h6-8,11-12,14,22H,5,9-10,13,15H2,1-4H3,(H,24,25,26). The molecule has 3 aromatic heterocycles. The summed E-state index contributed by atoms with van der Waals surface area (Å²) in [5, 5.41) is 7.97. The van der Waals surface area contributed by atoms with Crippen molar-refractivity contribution in [1.82, 2.24) is 24.6 Å². The molecule has 3 aromatic rings. The number of nitrogens with one attached hydrogen (secondary N) is 1. The largest absolute Gasteiger partial charge is 0.369 e. The van der Waals surface area contributed by atoms with E-state index in [4.69, 9.17) is 9.72 Å². The summed E-state index contributed by atoms with van der Waals surface area (Å²) in [5.74, 6) is 0.834. The third-order valence-corrected chi connectivity index (χ3v) is 5.38. The maximum absolute atomic E-state index is 6.10. The van der Waals surface area contributed by atoms with Gasteiger partial charge < -0.3 is 10.1 Å². The Morgan fingerprint density at radius 2 is 2.00 bits per heavy atom. The SMILES string of the molecule is CCn1cc(CN2CCOC(c3cc(Nc4cccc(C)n4)cc(C)n3)C2)c(C)n1. The Bertz CT molecular complexity index is 1010. The van der Waals surface area contributed by atoms with E-state index in [1.54, 1.807) is 0 Å². The van der Waals surface area contributed by atoms with Crippen LogP contribution in [0.3, 0.4) is 0 Å². The Morgan fingerprint density at radius 1 is 1.13 bits per heavy atom. The Kier molecular flexibility index (Phi) is 6.11. The minimum atomic E-state index is -0.0498. The zero-order valence-corrected chi connectivity index (χ0v) is 18.2. The minimum Gasteiger partial charge on any atom is -0.369 e. The molecule has 0 aromatic carbocycles. The van der Waals surface area contributed by atoms with Crippen LogP contribution in [0.25, 0.3) is 0 Å². The number of anilines is 2. The fraction of sp³-hybridized carbons (Fsp3) is 0.435. The van der Waals surface area contributed by atoms with Gasteiger partial charge in [0.15, 0.2) is 0 Å². The van der Waals surface area contributed by atoms with Gasteiger partial charge in [-0.25, -0.2) is 4.98 Å². The van der Waals surface area contributed by atoms with Crippen LogP contribution >= 0.6 is 0 Å². The van der Waals surface area contributed by atoms with Crippen molar-refractivity contribution in [2.75, 3.05) is 25.0 Å². The van der Waals surface area contributed by atoms with E-state index < -0.39 is 0 Å². The first-order chi connectivity index (χ1) is 14.5. The van der Waals surface area contributed by atoms with Gasteiger partial charge in [0.05, 0.1) is 18.0 Å². The van der Waals surface area contributed by atoms with Crippen LogP contribution < -0.4 is 5.32 Å². The molecule has 0 radical (unpaired) electrons. The fourth-order valence-electron chi connectivity index (χ4n) is 3.83. The molecule has 7 nitrogen and oxygen atoms in total. The first-order valence-electron chi connectivity index (χ1n) is 10.6. The van der Waals surface area contributed by atoms with E-state index in [1.807, 2.05) is 42.8 Å². The molecule has 0 amide bonds. The second-order valence-electron chi connectivity index (χ2n) is 7.90. The van der Waals surface area contributed by atoms with Crippen molar-refractivity contribution in [2.45, 2.75) is 46.9 Å². The Hall–Kier alpha value is -2.77. The summed E-state index contributed by atoms with van der Waals surface area (Å²) >= 11 is 0. The van der Waals surface area contributed by atoms with Gasteiger partial charge in [0.1, 0.15) is 11.9 Å². The maximum atomic E-state index is 6.10. The molecule has 0 bridgehead atoms. The van der Waals surface area contributed by atoms with E-state index in [0.29, 0.717) is 6.61 Å². The predicted octanol–water partition coefficient (Wildman–Crippen LogP) is 3.94. The molecule has 1 aliphatic rings. The molecule has 0 aliphatic carbocycles. The zero-order chi connectivity index (χ0) is 21.1. The summed E-state index contributed by atoms with van der Waals surface area (Å²) in [6, 6.07) is 10.1. The molecule has 7 heteroatoms. The fourth-order valence-corrected chi connectivity index (χ4v) is 3.83. The molecule has 1 atom stereocenters. The molecule has 1 aliphatic heterocycles. The lowest BCUT2D eigenvalue weighted by Gasteiger charge is -2.32. The summed E-state index contributed by atoms with van der Waals surface area (Å²) < 4.78 is 8.10. The molecule has 4 heterocycles. The van der Waals surface area contributed by atoms with Crippen molar-refractivity contribution in [2.24, 2.45) is 0 Å². The van der Waals surface area contributed by atoms with Gasteiger partial charge in [-0.3, -0.25) is 14.6 Å². The quantitative estimate of drug-likeness (QED) is 0.669. The average Bonchev–Trinajstić information content (AvgIpc) is 3.07. The summed E-state index contributed by atoms with van der Waals surface area (Å²) in [4.78, 5) is 11.7.